The molecule has 4 heteroatoms. The molecule has 1 aromatic carbocycles. The van der Waals surface area contributed by atoms with Crippen molar-refractivity contribution >= 4 is 0 Å². The number of hydrogen-bond donors (Lipinski definition) is 3. The lowest BCUT2D eigenvalue weighted by molar-refractivity contribution is 0.316. The number of phenols is 2. The zero-order chi connectivity index (χ0) is 8.72. The topological polar surface area (TPSA) is 75.7 Å². The summed E-state index contributed by atoms with van der Waals surface area (Å²) in [4.78, 5) is 0. The van der Waals surface area contributed by atoms with Crippen LogP contribution in [0.2, 0.25) is 0 Å². The molecule has 0 radical (unpaired) electrons. The predicted octanol–water partition coefficient (Wildman–Crippen LogP) is 0.490. The third-order valence-electron chi connectivity index (χ3n) is 1.89. The first-order valence-corrected chi connectivity index (χ1v) is 3.62. The van der Waals surface area contributed by atoms with E-state index in [1.807, 2.05) is 0 Å². The summed E-state index contributed by atoms with van der Waals surface area (Å²) in [5, 5.41) is 18.4. The molecule has 1 aromatic rings. The molecule has 0 fully saturated rings. The van der Waals surface area contributed by atoms with E-state index in [2.05, 4.69) is 0 Å². The molecule has 0 aliphatic carbocycles. The second-order valence-corrected chi connectivity index (χ2v) is 2.80. The van der Waals surface area contributed by atoms with Crippen molar-refractivity contribution in [2.45, 2.75) is 6.04 Å². The fourth-order valence-corrected chi connectivity index (χ4v) is 1.32. The minimum atomic E-state index is -0.252. The van der Waals surface area contributed by atoms with Crippen LogP contribution < -0.4 is 10.5 Å². The van der Waals surface area contributed by atoms with Crippen LogP contribution in [0, 0.1) is 0 Å². The largest absolute Gasteiger partial charge is 0.508 e. The lowest BCUT2D eigenvalue weighted by Crippen LogP contribution is -2.10. The SMILES string of the molecule is N[C@H]1COc2c(O)cc(O)cc21. The average molecular weight is 167 g/mol. The standard InChI is InChI=1S/C8H9NO3/c9-6-3-12-8-5(6)1-4(10)2-7(8)11/h1-2,6,10-11H,3,9H2/t6-/m0/s1. The number of nitrogens with two attached hydrogens (primary N) is 1. The molecule has 0 spiro atoms. The molecule has 4 N–H and O–H groups in total. The van der Waals surface area contributed by atoms with Crippen molar-refractivity contribution in [3.8, 4) is 17.2 Å². The second-order valence-electron chi connectivity index (χ2n) is 2.80. The van der Waals surface area contributed by atoms with Crippen LogP contribution in [0.25, 0.3) is 0 Å². The molecule has 0 unspecified atom stereocenters. The highest BCUT2D eigenvalue weighted by Crippen LogP contribution is 2.41. The highest BCUT2D eigenvalue weighted by molar-refractivity contribution is 5.53. The number of benzene rings is 1. The fourth-order valence-electron chi connectivity index (χ4n) is 1.32. The summed E-state index contributed by atoms with van der Waals surface area (Å²) in [5.74, 6) is 0.338. The quantitative estimate of drug-likeness (QED) is 0.525. The van der Waals surface area contributed by atoms with E-state index in [0.717, 1.165) is 0 Å². The van der Waals surface area contributed by atoms with Gasteiger partial charge in [-0.3, -0.25) is 0 Å². The molecule has 0 amide bonds. The van der Waals surface area contributed by atoms with Crippen molar-refractivity contribution in [2.75, 3.05) is 6.61 Å². The number of phenolic OH excluding ortho intramolecular Hbond substituents is 2. The van der Waals surface area contributed by atoms with E-state index in [1.54, 1.807) is 0 Å². The maximum absolute atomic E-state index is 9.29. The maximum Gasteiger partial charge on any atom is 0.166 e. The van der Waals surface area contributed by atoms with Gasteiger partial charge in [-0.15, -0.1) is 0 Å². The molecule has 12 heavy (non-hydrogen) atoms. The van der Waals surface area contributed by atoms with Crippen LogP contribution in [0.3, 0.4) is 0 Å². The number of fused-ring (bicyclic) bond motifs is 1. The van der Waals surface area contributed by atoms with Crippen LogP contribution in [0.5, 0.6) is 17.2 Å². The molecule has 0 aromatic heterocycles. The molecule has 2 rings (SSSR count). The predicted molar refractivity (Wildman–Crippen MR) is 42.2 cm³/mol. The zero-order valence-corrected chi connectivity index (χ0v) is 6.32. The summed E-state index contributed by atoms with van der Waals surface area (Å²) in [6.07, 6.45) is 0. The number of rotatable bonds is 0. The van der Waals surface area contributed by atoms with Crippen molar-refractivity contribution in [1.82, 2.24) is 0 Å². The normalized spacial score (nSPS) is 20.2. The van der Waals surface area contributed by atoms with Crippen molar-refractivity contribution in [1.29, 1.82) is 0 Å². The Morgan fingerprint density at radius 1 is 1.42 bits per heavy atom. The molecule has 1 aliphatic heterocycles. The molecule has 1 aliphatic rings. The van der Waals surface area contributed by atoms with Crippen molar-refractivity contribution in [3.05, 3.63) is 17.7 Å². The molecule has 0 saturated carbocycles. The number of aromatic hydroxyl groups is 2. The van der Waals surface area contributed by atoms with Gasteiger partial charge < -0.3 is 20.7 Å². The highest BCUT2D eigenvalue weighted by atomic mass is 16.5. The fraction of sp³-hybridized carbons (Fsp3) is 0.250. The number of ether oxygens (including phenoxy) is 1. The van der Waals surface area contributed by atoms with E-state index < -0.39 is 0 Å². The minimum absolute atomic E-state index is 0.00667. The molecule has 0 bridgehead atoms. The van der Waals surface area contributed by atoms with Gasteiger partial charge in [-0.1, -0.05) is 0 Å². The molecule has 4 nitrogen and oxygen atoms in total. The van der Waals surface area contributed by atoms with Crippen LogP contribution in [0.1, 0.15) is 11.6 Å². The maximum atomic E-state index is 9.29. The Balaban J connectivity index is 2.60. The summed E-state index contributed by atoms with van der Waals surface area (Å²) in [5.41, 5.74) is 6.30. The highest BCUT2D eigenvalue weighted by Gasteiger charge is 2.24. The van der Waals surface area contributed by atoms with E-state index in [1.165, 1.54) is 12.1 Å². The molecule has 0 saturated heterocycles. The van der Waals surface area contributed by atoms with Crippen LogP contribution in [0.15, 0.2) is 12.1 Å². The van der Waals surface area contributed by atoms with Crippen molar-refractivity contribution in [3.63, 3.8) is 0 Å². The molecular weight excluding hydrogens is 158 g/mol. The Bertz CT molecular complexity index is 324. The second kappa shape index (κ2) is 2.28. The summed E-state index contributed by atoms with van der Waals surface area (Å²) in [6.45, 7) is 0.354. The number of hydrogen-bond acceptors (Lipinski definition) is 4. The van der Waals surface area contributed by atoms with Crippen LogP contribution in [-0.4, -0.2) is 16.8 Å². The summed E-state index contributed by atoms with van der Waals surface area (Å²) >= 11 is 0. The van der Waals surface area contributed by atoms with E-state index in [4.69, 9.17) is 15.6 Å². The van der Waals surface area contributed by atoms with Gasteiger partial charge in [0.1, 0.15) is 12.4 Å². The van der Waals surface area contributed by atoms with E-state index in [0.29, 0.717) is 17.9 Å². The average Bonchev–Trinajstić information content (AvgIpc) is 2.33. The van der Waals surface area contributed by atoms with Gasteiger partial charge in [-0.2, -0.15) is 0 Å². The third kappa shape index (κ3) is 0.887. The zero-order valence-electron chi connectivity index (χ0n) is 6.32. The molecule has 1 heterocycles. The van der Waals surface area contributed by atoms with Gasteiger partial charge in [0.05, 0.1) is 6.04 Å². The monoisotopic (exact) mass is 167 g/mol. The lowest BCUT2D eigenvalue weighted by atomic mass is 10.1. The summed E-state index contributed by atoms with van der Waals surface area (Å²) in [7, 11) is 0. The first-order valence-electron chi connectivity index (χ1n) is 3.62. The smallest absolute Gasteiger partial charge is 0.166 e. The van der Waals surface area contributed by atoms with Gasteiger partial charge in [0, 0.05) is 11.6 Å². The minimum Gasteiger partial charge on any atom is -0.508 e. The molecule has 1 atom stereocenters. The Morgan fingerprint density at radius 3 is 2.92 bits per heavy atom. The Hall–Kier alpha value is -1.42. The van der Waals surface area contributed by atoms with Crippen LogP contribution in [0.4, 0.5) is 0 Å². The first-order chi connectivity index (χ1) is 5.68. The van der Waals surface area contributed by atoms with Gasteiger partial charge in [0.2, 0.25) is 0 Å². The van der Waals surface area contributed by atoms with E-state index >= 15 is 0 Å². The van der Waals surface area contributed by atoms with Gasteiger partial charge in [0.25, 0.3) is 0 Å². The Morgan fingerprint density at radius 2 is 2.17 bits per heavy atom. The van der Waals surface area contributed by atoms with Crippen molar-refractivity contribution in [2.24, 2.45) is 5.73 Å². The Kier molecular flexibility index (Phi) is 1.38. The third-order valence-corrected chi connectivity index (χ3v) is 1.89. The Labute approximate surface area is 69.2 Å². The van der Waals surface area contributed by atoms with Gasteiger partial charge in [-0.05, 0) is 6.07 Å². The summed E-state index contributed by atoms with van der Waals surface area (Å²) < 4.78 is 5.11. The molecule has 64 valence electrons. The van der Waals surface area contributed by atoms with Crippen molar-refractivity contribution < 1.29 is 14.9 Å². The van der Waals surface area contributed by atoms with E-state index in [-0.39, 0.29) is 17.5 Å². The van der Waals surface area contributed by atoms with Crippen LogP contribution in [-0.2, 0) is 0 Å². The lowest BCUT2D eigenvalue weighted by Gasteiger charge is -2.02. The van der Waals surface area contributed by atoms with Crippen LogP contribution >= 0.6 is 0 Å². The molecular formula is C8H9NO3. The van der Waals surface area contributed by atoms with Gasteiger partial charge in [-0.25, -0.2) is 0 Å². The summed E-state index contributed by atoms with van der Waals surface area (Å²) in [6, 6.07) is 2.49. The van der Waals surface area contributed by atoms with Gasteiger partial charge in [0.15, 0.2) is 11.5 Å². The van der Waals surface area contributed by atoms with E-state index in [9.17, 15) is 5.11 Å². The van der Waals surface area contributed by atoms with Gasteiger partial charge >= 0.3 is 0 Å². The first kappa shape index (κ1) is 7.24.